The summed E-state index contributed by atoms with van der Waals surface area (Å²) in [4.78, 5) is 0.388. The van der Waals surface area contributed by atoms with E-state index >= 15 is 0 Å². The van der Waals surface area contributed by atoms with Crippen LogP contribution in [0.5, 0.6) is 0 Å². The average Bonchev–Trinajstić information content (AvgIpc) is 2.18. The largest absolute Gasteiger partial charge is 0.223 e. The minimum Gasteiger partial charge on any atom is -0.223 e. The molecule has 0 aliphatic carbocycles. The summed E-state index contributed by atoms with van der Waals surface area (Å²) in [5.41, 5.74) is 1.06. The number of allylic oxidation sites excluding steroid dienone is 1. The van der Waals surface area contributed by atoms with E-state index in [0.29, 0.717) is 4.90 Å². The molecule has 0 aliphatic rings. The van der Waals surface area contributed by atoms with Gasteiger partial charge in [0.05, 0.1) is 10.1 Å². The van der Waals surface area contributed by atoms with Gasteiger partial charge in [-0.1, -0.05) is 29.8 Å². The summed E-state index contributed by atoms with van der Waals surface area (Å²) >= 11 is 0. The van der Waals surface area contributed by atoms with Gasteiger partial charge in [0.2, 0.25) is 0 Å². The number of rotatable bonds is 3. The third-order valence-electron chi connectivity index (χ3n) is 2.30. The fourth-order valence-corrected chi connectivity index (χ4v) is 2.63. The van der Waals surface area contributed by atoms with Crippen LogP contribution in [-0.2, 0) is 9.84 Å². The Morgan fingerprint density at radius 3 is 2.20 bits per heavy atom. The van der Waals surface area contributed by atoms with E-state index in [1.807, 2.05) is 26.0 Å². The Balaban J connectivity index is 3.11. The van der Waals surface area contributed by atoms with E-state index in [4.69, 9.17) is 0 Å². The molecule has 0 fully saturated rings. The van der Waals surface area contributed by atoms with Crippen molar-refractivity contribution in [3.63, 3.8) is 0 Å². The zero-order valence-corrected chi connectivity index (χ0v) is 10.1. The van der Waals surface area contributed by atoms with Crippen molar-refractivity contribution < 1.29 is 8.42 Å². The van der Waals surface area contributed by atoms with Gasteiger partial charge in [0, 0.05) is 0 Å². The first kappa shape index (κ1) is 12.0. The Morgan fingerprint density at radius 1 is 1.20 bits per heavy atom. The van der Waals surface area contributed by atoms with E-state index in [0.717, 1.165) is 5.56 Å². The molecule has 3 heteroatoms. The van der Waals surface area contributed by atoms with Crippen LogP contribution in [0.15, 0.2) is 41.3 Å². The fourth-order valence-electron chi connectivity index (χ4n) is 1.32. The first-order valence-electron chi connectivity index (χ1n) is 4.92. The highest BCUT2D eigenvalue weighted by atomic mass is 32.2. The maximum Gasteiger partial charge on any atom is 0.184 e. The summed E-state index contributed by atoms with van der Waals surface area (Å²) < 4.78 is 24.0. The predicted molar refractivity (Wildman–Crippen MR) is 62.6 cm³/mol. The highest BCUT2D eigenvalue weighted by Gasteiger charge is 2.20. The van der Waals surface area contributed by atoms with Crippen molar-refractivity contribution in [2.75, 3.05) is 0 Å². The summed E-state index contributed by atoms with van der Waals surface area (Å²) in [5, 5.41) is -0.467. The molecule has 1 rings (SSSR count). The van der Waals surface area contributed by atoms with Crippen LogP contribution < -0.4 is 0 Å². The second kappa shape index (κ2) is 4.62. The highest BCUT2D eigenvalue weighted by Crippen LogP contribution is 2.17. The van der Waals surface area contributed by atoms with Crippen molar-refractivity contribution in [1.82, 2.24) is 0 Å². The van der Waals surface area contributed by atoms with Crippen molar-refractivity contribution in [3.05, 3.63) is 42.0 Å². The fraction of sp³-hybridized carbons (Fsp3) is 0.333. The molecule has 0 N–H and O–H groups in total. The molecule has 0 unspecified atom stereocenters. The summed E-state index contributed by atoms with van der Waals surface area (Å²) in [6, 6.07) is 6.94. The molecule has 0 aliphatic heterocycles. The predicted octanol–water partition coefficient (Wildman–Crippen LogP) is 2.73. The number of aryl methyl sites for hydroxylation is 1. The molecule has 0 saturated heterocycles. The second-order valence-corrected chi connectivity index (χ2v) is 5.89. The number of benzene rings is 1. The molecule has 82 valence electrons. The van der Waals surface area contributed by atoms with Gasteiger partial charge in [-0.2, -0.15) is 0 Å². The minimum absolute atomic E-state index is 0.388. The van der Waals surface area contributed by atoms with Crippen LogP contribution in [0, 0.1) is 6.92 Å². The highest BCUT2D eigenvalue weighted by molar-refractivity contribution is 7.92. The van der Waals surface area contributed by atoms with Gasteiger partial charge >= 0.3 is 0 Å². The number of hydrogen-bond acceptors (Lipinski definition) is 2. The van der Waals surface area contributed by atoms with Crippen LogP contribution >= 0.6 is 0 Å². The molecular weight excluding hydrogens is 208 g/mol. The van der Waals surface area contributed by atoms with E-state index in [9.17, 15) is 8.42 Å². The van der Waals surface area contributed by atoms with Gasteiger partial charge in [0.25, 0.3) is 0 Å². The van der Waals surface area contributed by atoms with Gasteiger partial charge in [-0.25, -0.2) is 8.42 Å². The number of sulfone groups is 1. The molecule has 15 heavy (non-hydrogen) atoms. The lowest BCUT2D eigenvalue weighted by Gasteiger charge is -2.08. The maximum absolute atomic E-state index is 12.0. The lowest BCUT2D eigenvalue weighted by molar-refractivity contribution is 0.591. The van der Waals surface area contributed by atoms with Gasteiger partial charge in [-0.05, 0) is 32.9 Å². The molecule has 0 spiro atoms. The number of hydrogen-bond donors (Lipinski definition) is 0. The Bertz CT molecular complexity index is 441. The third-order valence-corrected chi connectivity index (χ3v) is 4.37. The lowest BCUT2D eigenvalue weighted by atomic mass is 10.2. The molecule has 0 bridgehead atoms. The van der Waals surface area contributed by atoms with Crippen LogP contribution in [-0.4, -0.2) is 13.7 Å². The van der Waals surface area contributed by atoms with Crippen molar-refractivity contribution in [3.8, 4) is 0 Å². The van der Waals surface area contributed by atoms with E-state index < -0.39 is 15.1 Å². The lowest BCUT2D eigenvalue weighted by Crippen LogP contribution is -2.15. The van der Waals surface area contributed by atoms with Crippen LogP contribution in [0.25, 0.3) is 0 Å². The van der Waals surface area contributed by atoms with Gasteiger partial charge in [0.15, 0.2) is 9.84 Å². The van der Waals surface area contributed by atoms with E-state index in [1.54, 1.807) is 31.2 Å². The van der Waals surface area contributed by atoms with Crippen LogP contribution in [0.2, 0.25) is 0 Å². The molecular formula is C12H16O2S. The average molecular weight is 224 g/mol. The standard InChI is InChI=1S/C12H16O2S/c1-4-5-11(3)15(13,14)12-8-6-10(2)7-9-12/h4-9,11H,1-3H3/b5-4+/t11-/m0/s1. The van der Waals surface area contributed by atoms with Crippen LogP contribution in [0.4, 0.5) is 0 Å². The minimum atomic E-state index is -3.20. The Labute approximate surface area is 91.6 Å². The van der Waals surface area contributed by atoms with Crippen molar-refractivity contribution in [2.24, 2.45) is 0 Å². The Kier molecular flexibility index (Phi) is 3.69. The first-order valence-corrected chi connectivity index (χ1v) is 6.46. The van der Waals surface area contributed by atoms with Gasteiger partial charge in [-0.15, -0.1) is 0 Å². The third kappa shape index (κ3) is 2.69. The molecule has 2 nitrogen and oxygen atoms in total. The van der Waals surface area contributed by atoms with Crippen molar-refractivity contribution >= 4 is 9.84 Å². The summed E-state index contributed by atoms with van der Waals surface area (Å²) in [5.74, 6) is 0. The van der Waals surface area contributed by atoms with Crippen molar-refractivity contribution in [1.29, 1.82) is 0 Å². The molecule has 0 radical (unpaired) electrons. The van der Waals surface area contributed by atoms with Crippen LogP contribution in [0.3, 0.4) is 0 Å². The molecule has 1 atom stereocenters. The van der Waals surface area contributed by atoms with Crippen molar-refractivity contribution in [2.45, 2.75) is 30.9 Å². The molecule has 0 aromatic heterocycles. The monoisotopic (exact) mass is 224 g/mol. The van der Waals surface area contributed by atoms with E-state index in [1.165, 1.54) is 0 Å². The van der Waals surface area contributed by atoms with Gasteiger partial charge in [-0.3, -0.25) is 0 Å². The van der Waals surface area contributed by atoms with Crippen LogP contribution in [0.1, 0.15) is 19.4 Å². The maximum atomic E-state index is 12.0. The topological polar surface area (TPSA) is 34.1 Å². The quantitative estimate of drug-likeness (QED) is 0.740. The smallest absolute Gasteiger partial charge is 0.184 e. The summed E-state index contributed by atoms with van der Waals surface area (Å²) in [6.07, 6.45) is 3.45. The SMILES string of the molecule is C/C=C/[C@H](C)S(=O)(=O)c1ccc(C)cc1. The Hall–Kier alpha value is -1.09. The summed E-state index contributed by atoms with van der Waals surface area (Å²) in [6.45, 7) is 5.45. The zero-order chi connectivity index (χ0) is 11.5. The van der Waals surface area contributed by atoms with Gasteiger partial charge < -0.3 is 0 Å². The zero-order valence-electron chi connectivity index (χ0n) is 9.27. The van der Waals surface area contributed by atoms with E-state index in [-0.39, 0.29) is 0 Å². The summed E-state index contributed by atoms with van der Waals surface area (Å²) in [7, 11) is -3.20. The first-order chi connectivity index (χ1) is 6.98. The second-order valence-electron chi connectivity index (χ2n) is 3.59. The molecule has 1 aromatic rings. The molecule has 1 aromatic carbocycles. The molecule has 0 heterocycles. The molecule has 0 saturated carbocycles. The molecule has 0 amide bonds. The van der Waals surface area contributed by atoms with E-state index in [2.05, 4.69) is 0 Å². The Morgan fingerprint density at radius 2 is 1.73 bits per heavy atom. The normalized spacial score (nSPS) is 14.3. The van der Waals surface area contributed by atoms with Gasteiger partial charge in [0.1, 0.15) is 0 Å².